The second kappa shape index (κ2) is 5.44. The quantitative estimate of drug-likeness (QED) is 0.906. The summed E-state index contributed by atoms with van der Waals surface area (Å²) in [7, 11) is 0. The van der Waals surface area contributed by atoms with E-state index >= 15 is 0 Å². The maximum atomic E-state index is 6.03. The van der Waals surface area contributed by atoms with Gasteiger partial charge in [-0.15, -0.1) is 0 Å². The Morgan fingerprint density at radius 2 is 1.85 bits per heavy atom. The number of hydrogen-bond acceptors (Lipinski definition) is 2. The minimum atomic E-state index is 0.386. The first-order chi connectivity index (χ1) is 9.67. The predicted molar refractivity (Wildman–Crippen MR) is 82.6 cm³/mol. The van der Waals surface area contributed by atoms with E-state index in [1.54, 1.807) is 0 Å². The van der Waals surface area contributed by atoms with Crippen molar-refractivity contribution < 1.29 is 4.74 Å². The lowest BCUT2D eigenvalue weighted by Gasteiger charge is -2.58. The molecular formula is C17H28N2O. The van der Waals surface area contributed by atoms with Crippen LogP contribution in [0.2, 0.25) is 0 Å². The van der Waals surface area contributed by atoms with Gasteiger partial charge in [-0.3, -0.25) is 4.68 Å². The minimum absolute atomic E-state index is 0.386. The molecule has 3 rings (SSSR count). The fraction of sp³-hybridized carbons (Fsp3) is 0.765. The molecule has 1 heterocycles. The molecule has 0 radical (unpaired) electrons. The normalized spacial score (nSPS) is 28.4. The lowest BCUT2D eigenvalue weighted by molar-refractivity contribution is -0.137. The summed E-state index contributed by atoms with van der Waals surface area (Å²) < 4.78 is 8.30. The van der Waals surface area contributed by atoms with Crippen molar-refractivity contribution in [2.75, 3.05) is 12.0 Å². The first-order valence-corrected chi connectivity index (χ1v) is 8.20. The van der Waals surface area contributed by atoms with E-state index in [0.717, 1.165) is 13.0 Å². The zero-order valence-electron chi connectivity index (χ0n) is 13.1. The van der Waals surface area contributed by atoms with E-state index in [1.165, 1.54) is 43.5 Å². The van der Waals surface area contributed by atoms with Crippen LogP contribution in [0.5, 0.6) is 0 Å². The molecule has 0 aromatic carbocycles. The van der Waals surface area contributed by atoms with Gasteiger partial charge in [0.05, 0.1) is 12.1 Å². The molecule has 2 saturated carbocycles. The van der Waals surface area contributed by atoms with Crippen molar-refractivity contribution in [3.8, 4) is 0 Å². The molecule has 2 aliphatic carbocycles. The summed E-state index contributed by atoms with van der Waals surface area (Å²) >= 11 is 0. The summed E-state index contributed by atoms with van der Waals surface area (Å²) in [6.45, 7) is 7.32. The van der Waals surface area contributed by atoms with Gasteiger partial charge in [0.1, 0.15) is 0 Å². The third-order valence-corrected chi connectivity index (χ3v) is 5.49. The average molecular weight is 276 g/mol. The van der Waals surface area contributed by atoms with Gasteiger partial charge >= 0.3 is 0 Å². The third-order valence-electron chi connectivity index (χ3n) is 5.49. The zero-order valence-corrected chi connectivity index (χ0v) is 13.1. The number of ether oxygens (including phenoxy) is 1. The molecule has 20 heavy (non-hydrogen) atoms. The molecule has 0 saturated heterocycles. The Kier molecular flexibility index (Phi) is 3.80. The molecule has 0 bridgehead atoms. The molecule has 1 N–H and O–H groups in total. The number of aryl methyl sites for hydroxylation is 2. The maximum absolute atomic E-state index is 6.03. The minimum Gasteiger partial charge on any atom is -0.378 e. The Labute approximate surface area is 122 Å². The van der Waals surface area contributed by atoms with E-state index in [2.05, 4.69) is 43.0 Å². The predicted octanol–water partition coefficient (Wildman–Crippen LogP) is 3.78. The van der Waals surface area contributed by atoms with Gasteiger partial charge < -0.3 is 10.2 Å². The highest BCUT2D eigenvalue weighted by atomic mass is 16.5. The van der Waals surface area contributed by atoms with E-state index < -0.39 is 0 Å². The van der Waals surface area contributed by atoms with Crippen LogP contribution in [0.15, 0.2) is 12.1 Å². The highest BCUT2D eigenvalue weighted by Gasteiger charge is 2.55. The lowest BCUT2D eigenvalue weighted by Crippen LogP contribution is -2.63. The monoisotopic (exact) mass is 276 g/mol. The van der Waals surface area contributed by atoms with E-state index in [0.29, 0.717) is 17.6 Å². The molecular weight excluding hydrogens is 248 g/mol. The SMILES string of the molecule is CCOC1CC(Nn2c(C)ccc2C)C12CCCCC2. The second-order valence-corrected chi connectivity index (χ2v) is 6.61. The first kappa shape index (κ1) is 14.0. The molecule has 1 spiro atoms. The van der Waals surface area contributed by atoms with Gasteiger partial charge in [-0.2, -0.15) is 0 Å². The van der Waals surface area contributed by atoms with Crippen molar-refractivity contribution in [1.82, 2.24) is 4.68 Å². The molecule has 1 aromatic heterocycles. The zero-order chi connectivity index (χ0) is 14.2. The van der Waals surface area contributed by atoms with Crippen LogP contribution in [-0.4, -0.2) is 23.4 Å². The first-order valence-electron chi connectivity index (χ1n) is 8.20. The van der Waals surface area contributed by atoms with Gasteiger partial charge in [-0.1, -0.05) is 19.3 Å². The Bertz CT molecular complexity index is 440. The van der Waals surface area contributed by atoms with Crippen LogP contribution in [0.4, 0.5) is 0 Å². The van der Waals surface area contributed by atoms with Crippen LogP contribution < -0.4 is 5.43 Å². The van der Waals surface area contributed by atoms with Crippen LogP contribution in [0.3, 0.4) is 0 Å². The van der Waals surface area contributed by atoms with Gasteiger partial charge in [0, 0.05) is 23.4 Å². The summed E-state index contributed by atoms with van der Waals surface area (Å²) in [6.07, 6.45) is 8.42. The summed E-state index contributed by atoms with van der Waals surface area (Å²) in [6, 6.07) is 4.95. The lowest BCUT2D eigenvalue weighted by atomic mass is 9.55. The van der Waals surface area contributed by atoms with E-state index in [-0.39, 0.29) is 0 Å². The second-order valence-electron chi connectivity index (χ2n) is 6.61. The van der Waals surface area contributed by atoms with Crippen molar-refractivity contribution in [2.45, 2.75) is 71.4 Å². The molecule has 2 fully saturated rings. The van der Waals surface area contributed by atoms with Gasteiger partial charge in [0.25, 0.3) is 0 Å². The molecule has 112 valence electrons. The molecule has 1 aromatic rings. The summed E-state index contributed by atoms with van der Waals surface area (Å²) in [5, 5.41) is 0. The van der Waals surface area contributed by atoms with Crippen LogP contribution in [0.25, 0.3) is 0 Å². The molecule has 2 aliphatic rings. The van der Waals surface area contributed by atoms with E-state index in [4.69, 9.17) is 4.74 Å². The molecule has 3 heteroatoms. The molecule has 2 atom stereocenters. The Balaban J connectivity index is 1.76. The third kappa shape index (κ3) is 2.16. The topological polar surface area (TPSA) is 26.2 Å². The fourth-order valence-electron chi connectivity index (χ4n) is 4.27. The fourth-order valence-corrected chi connectivity index (χ4v) is 4.27. The smallest absolute Gasteiger partial charge is 0.0671 e. The van der Waals surface area contributed by atoms with Gasteiger partial charge in [-0.05, 0) is 52.2 Å². The number of nitrogens with one attached hydrogen (secondary N) is 1. The molecule has 0 amide bonds. The molecule has 2 unspecified atom stereocenters. The number of rotatable bonds is 4. The number of nitrogens with zero attached hydrogens (tertiary/aromatic N) is 1. The highest BCUT2D eigenvalue weighted by molar-refractivity contribution is 5.20. The standard InChI is InChI=1S/C17H28N2O/c1-4-20-16-12-15(17(16)10-6-5-7-11-17)18-19-13(2)8-9-14(19)3/h8-9,15-16,18H,4-7,10-12H2,1-3H3. The Hall–Kier alpha value is -0.960. The van der Waals surface area contributed by atoms with Crippen molar-refractivity contribution in [3.63, 3.8) is 0 Å². The summed E-state index contributed by atoms with van der Waals surface area (Å²) in [5.74, 6) is 0. The van der Waals surface area contributed by atoms with Crippen molar-refractivity contribution in [1.29, 1.82) is 0 Å². The highest BCUT2D eigenvalue weighted by Crippen LogP contribution is 2.53. The van der Waals surface area contributed by atoms with Crippen molar-refractivity contribution >= 4 is 0 Å². The van der Waals surface area contributed by atoms with Crippen molar-refractivity contribution in [2.24, 2.45) is 5.41 Å². The Morgan fingerprint density at radius 1 is 1.20 bits per heavy atom. The summed E-state index contributed by atoms with van der Waals surface area (Å²) in [4.78, 5) is 0. The van der Waals surface area contributed by atoms with E-state index in [9.17, 15) is 0 Å². The molecule has 0 aliphatic heterocycles. The van der Waals surface area contributed by atoms with Crippen LogP contribution in [-0.2, 0) is 4.74 Å². The maximum Gasteiger partial charge on any atom is 0.0671 e. The largest absolute Gasteiger partial charge is 0.378 e. The van der Waals surface area contributed by atoms with Crippen LogP contribution in [0.1, 0.15) is 56.8 Å². The number of aromatic nitrogens is 1. The van der Waals surface area contributed by atoms with Crippen LogP contribution in [0, 0.1) is 19.3 Å². The van der Waals surface area contributed by atoms with Crippen molar-refractivity contribution in [3.05, 3.63) is 23.5 Å². The summed E-state index contributed by atoms with van der Waals surface area (Å²) in [5.41, 5.74) is 6.77. The Morgan fingerprint density at radius 3 is 2.45 bits per heavy atom. The number of hydrogen-bond donors (Lipinski definition) is 1. The molecule has 3 nitrogen and oxygen atoms in total. The average Bonchev–Trinajstić information content (AvgIpc) is 2.78. The van der Waals surface area contributed by atoms with E-state index in [1.807, 2.05) is 0 Å². The van der Waals surface area contributed by atoms with Gasteiger partial charge in [-0.25, -0.2) is 0 Å². The van der Waals surface area contributed by atoms with Crippen LogP contribution >= 0.6 is 0 Å². The van der Waals surface area contributed by atoms with Gasteiger partial charge in [0.2, 0.25) is 0 Å². The van der Waals surface area contributed by atoms with Gasteiger partial charge in [0.15, 0.2) is 0 Å².